The highest BCUT2D eigenvalue weighted by molar-refractivity contribution is 8.07. The van der Waals surface area contributed by atoms with Crippen LogP contribution in [0.4, 0.5) is 19.3 Å². The first kappa shape index (κ1) is 24.6. The molecule has 33 heavy (non-hydrogen) atoms. The van der Waals surface area contributed by atoms with E-state index in [1.165, 1.54) is 30.3 Å². The number of urea groups is 1. The number of hydrogen-bond acceptors (Lipinski definition) is 7. The molecule has 0 saturated carbocycles. The van der Waals surface area contributed by atoms with E-state index < -0.39 is 47.8 Å². The Morgan fingerprint density at radius 3 is 2.36 bits per heavy atom. The van der Waals surface area contributed by atoms with Gasteiger partial charge < -0.3 is 15.2 Å². The van der Waals surface area contributed by atoms with E-state index in [0.29, 0.717) is 18.1 Å². The number of benzene rings is 2. The standard InChI is InChI=1S/C20H20F2N2O7S2/c1-4-6-15-14-11-12(24(20(23)25,32(2,26)27)33(3,28)29)9-10-13(14)18-16(30-15)7-5-8-17(18)31-19(21)22/h4-5,7-11,15,19H,1,6H2,2-3H3,(H-,23,25)/p+1. The number of carbonyl (C=O) groups is 1. The molecule has 1 heterocycles. The monoisotopic (exact) mass is 503 g/mol. The highest BCUT2D eigenvalue weighted by atomic mass is 32.3. The van der Waals surface area contributed by atoms with Gasteiger partial charge in [-0.3, -0.25) is 0 Å². The van der Waals surface area contributed by atoms with E-state index in [2.05, 4.69) is 11.3 Å². The van der Waals surface area contributed by atoms with E-state index >= 15 is 0 Å². The third kappa shape index (κ3) is 3.96. The number of ether oxygens (including phenoxy) is 2. The van der Waals surface area contributed by atoms with Crippen LogP contribution < -0.4 is 18.5 Å². The summed E-state index contributed by atoms with van der Waals surface area (Å²) in [6, 6.07) is 6.20. The Morgan fingerprint density at radius 1 is 1.21 bits per heavy atom. The van der Waals surface area contributed by atoms with Gasteiger partial charge in [-0.15, -0.1) is 6.58 Å². The average Bonchev–Trinajstić information content (AvgIpc) is 2.65. The van der Waals surface area contributed by atoms with Crippen molar-refractivity contribution >= 4 is 31.8 Å². The number of primary amides is 1. The minimum atomic E-state index is -4.69. The molecule has 2 amide bonds. The summed E-state index contributed by atoms with van der Waals surface area (Å²) in [5.74, 6) is 0.0255. The zero-order valence-electron chi connectivity index (χ0n) is 17.6. The van der Waals surface area contributed by atoms with E-state index in [1.807, 2.05) is 0 Å². The fourth-order valence-electron chi connectivity index (χ4n) is 3.92. The minimum Gasteiger partial charge on any atom is -0.485 e. The second kappa shape index (κ2) is 8.39. The highest BCUT2D eigenvalue weighted by Gasteiger charge is 2.57. The predicted molar refractivity (Wildman–Crippen MR) is 118 cm³/mol. The quantitative estimate of drug-likeness (QED) is 0.453. The summed E-state index contributed by atoms with van der Waals surface area (Å²) >= 11 is 0. The zero-order chi connectivity index (χ0) is 24.8. The summed E-state index contributed by atoms with van der Waals surface area (Å²) in [6.07, 6.45) is 2.05. The van der Waals surface area contributed by atoms with Gasteiger partial charge in [-0.25, -0.2) is 4.79 Å². The van der Waals surface area contributed by atoms with Crippen molar-refractivity contribution < 1.29 is 39.9 Å². The number of quaternary nitrogens is 1. The number of alkyl halides is 2. The lowest BCUT2D eigenvalue weighted by atomic mass is 9.90. The van der Waals surface area contributed by atoms with Crippen molar-refractivity contribution in [3.63, 3.8) is 0 Å². The van der Waals surface area contributed by atoms with Crippen molar-refractivity contribution in [3.8, 4) is 22.6 Å². The van der Waals surface area contributed by atoms with Crippen molar-refractivity contribution in [1.82, 2.24) is 3.29 Å². The number of fused-ring (bicyclic) bond motifs is 3. The summed E-state index contributed by atoms with van der Waals surface area (Å²) in [4.78, 5) is 12.3. The van der Waals surface area contributed by atoms with Crippen LogP contribution in [0.5, 0.6) is 11.5 Å². The predicted octanol–water partition coefficient (Wildman–Crippen LogP) is 3.27. The fraction of sp³-hybridized carbons (Fsp3) is 0.250. The Morgan fingerprint density at radius 2 is 1.85 bits per heavy atom. The van der Waals surface area contributed by atoms with Crippen molar-refractivity contribution in [3.05, 3.63) is 54.6 Å². The van der Waals surface area contributed by atoms with Gasteiger partial charge >= 0.3 is 32.7 Å². The molecule has 1 atom stereocenters. The van der Waals surface area contributed by atoms with E-state index in [1.54, 1.807) is 0 Å². The summed E-state index contributed by atoms with van der Waals surface area (Å²) in [7, 11) is -9.37. The lowest BCUT2D eigenvalue weighted by molar-refractivity contribution is -0.0496. The SMILES string of the molecule is C=CCC1Oc2cccc(OC(F)F)c2-c2ccc([N+](C(N)=O)(S(C)(=O)=O)S(C)(=O)=O)cc21. The molecule has 2 N–H and O–H groups in total. The van der Waals surface area contributed by atoms with Gasteiger partial charge in [0.15, 0.2) is 5.69 Å². The van der Waals surface area contributed by atoms with Crippen molar-refractivity contribution in [2.45, 2.75) is 19.1 Å². The molecule has 178 valence electrons. The zero-order valence-corrected chi connectivity index (χ0v) is 19.2. The Hall–Kier alpha value is -3.03. The van der Waals surface area contributed by atoms with Crippen LogP contribution in [0, 0.1) is 0 Å². The van der Waals surface area contributed by atoms with E-state index in [9.17, 15) is 30.4 Å². The molecule has 2 aromatic rings. The molecule has 0 aromatic heterocycles. The molecule has 0 spiro atoms. The topological polar surface area (TPSA) is 130 Å². The molecule has 0 saturated heterocycles. The summed E-state index contributed by atoms with van der Waals surface area (Å²) in [6.45, 7) is 0.520. The molecule has 1 aliphatic heterocycles. The van der Waals surface area contributed by atoms with Gasteiger partial charge in [0.05, 0.1) is 18.1 Å². The Kier molecular flexibility index (Phi) is 6.26. The lowest BCUT2D eigenvalue weighted by Gasteiger charge is -2.32. The molecular formula is C20H21F2N2O7S2+. The molecule has 2 aromatic carbocycles. The first-order valence-electron chi connectivity index (χ1n) is 9.35. The molecule has 0 bridgehead atoms. The molecule has 3 rings (SSSR count). The number of hydrogen-bond donors (Lipinski definition) is 1. The highest BCUT2D eigenvalue weighted by Crippen LogP contribution is 2.50. The summed E-state index contributed by atoms with van der Waals surface area (Å²) in [5, 5.41) is 0. The molecule has 0 aliphatic carbocycles. The van der Waals surface area contributed by atoms with E-state index in [4.69, 9.17) is 10.5 Å². The van der Waals surface area contributed by atoms with Gasteiger partial charge in [0, 0.05) is 24.1 Å². The van der Waals surface area contributed by atoms with Gasteiger partial charge in [-0.2, -0.15) is 25.6 Å². The Labute approximate surface area is 189 Å². The van der Waals surface area contributed by atoms with Crippen LogP contribution in [-0.4, -0.2) is 42.0 Å². The van der Waals surface area contributed by atoms with Gasteiger partial charge in [-0.1, -0.05) is 12.1 Å². The van der Waals surface area contributed by atoms with Gasteiger partial charge in [0.25, 0.3) is 0 Å². The van der Waals surface area contributed by atoms with Crippen LogP contribution >= 0.6 is 0 Å². The van der Waals surface area contributed by atoms with Crippen LogP contribution in [0.3, 0.4) is 0 Å². The van der Waals surface area contributed by atoms with Crippen LogP contribution in [0.1, 0.15) is 18.1 Å². The molecule has 0 radical (unpaired) electrons. The van der Waals surface area contributed by atoms with Gasteiger partial charge in [-0.05, 0) is 27.1 Å². The van der Waals surface area contributed by atoms with E-state index in [0.717, 1.165) is 12.1 Å². The lowest BCUT2D eigenvalue weighted by Crippen LogP contribution is -2.63. The summed E-state index contributed by atoms with van der Waals surface area (Å²) < 4.78 is 84.8. The number of rotatable bonds is 7. The number of halogens is 2. The first-order chi connectivity index (χ1) is 15.3. The maximum Gasteiger partial charge on any atom is 0.450 e. The maximum absolute atomic E-state index is 13.0. The average molecular weight is 504 g/mol. The van der Waals surface area contributed by atoms with Crippen LogP contribution in [0.15, 0.2) is 49.1 Å². The van der Waals surface area contributed by atoms with E-state index in [-0.39, 0.29) is 29.0 Å². The van der Waals surface area contributed by atoms with Crippen LogP contribution in [0.25, 0.3) is 11.1 Å². The van der Waals surface area contributed by atoms with Crippen molar-refractivity contribution in [1.29, 1.82) is 0 Å². The van der Waals surface area contributed by atoms with Crippen molar-refractivity contribution in [2.75, 3.05) is 12.5 Å². The second-order valence-corrected chi connectivity index (χ2v) is 11.5. The van der Waals surface area contributed by atoms with Crippen molar-refractivity contribution in [2.24, 2.45) is 5.73 Å². The summed E-state index contributed by atoms with van der Waals surface area (Å²) in [5.41, 5.74) is 5.58. The minimum absolute atomic E-state index is 0.163. The Bertz CT molecular complexity index is 1310. The van der Waals surface area contributed by atoms with Crippen LogP contribution in [-0.2, 0) is 20.0 Å². The molecule has 1 unspecified atom stereocenters. The smallest absolute Gasteiger partial charge is 0.450 e. The number of amides is 2. The molecule has 1 aliphatic rings. The van der Waals surface area contributed by atoms with Gasteiger partial charge in [0.1, 0.15) is 17.6 Å². The number of nitrogens with zero attached hydrogens (tertiary/aromatic N) is 1. The largest absolute Gasteiger partial charge is 0.485 e. The third-order valence-corrected chi connectivity index (χ3v) is 9.34. The number of sulfonamides is 2. The molecule has 13 heteroatoms. The third-order valence-electron chi connectivity index (χ3n) is 5.07. The Balaban J connectivity index is 2.39. The molecular weight excluding hydrogens is 482 g/mol. The maximum atomic E-state index is 13.0. The van der Waals surface area contributed by atoms with Crippen LogP contribution in [0.2, 0.25) is 0 Å². The first-order valence-corrected chi connectivity index (χ1v) is 13.0. The van der Waals surface area contributed by atoms with Gasteiger partial charge in [0.2, 0.25) is 0 Å². The second-order valence-electron chi connectivity index (χ2n) is 7.27. The molecule has 9 nitrogen and oxygen atoms in total. The number of carbonyl (C=O) groups excluding carboxylic acids is 1. The normalized spacial score (nSPS) is 15.8. The number of nitrogens with two attached hydrogens (primary N) is 1. The fourth-order valence-corrected chi connectivity index (χ4v) is 7.54. The molecule has 0 fully saturated rings.